The molecule has 1 fully saturated rings. The van der Waals surface area contributed by atoms with Gasteiger partial charge in [0.05, 0.1) is 22.8 Å². The SMILES string of the molecule is COc1ccc2nc3n[nH]c(C)c3c(SC(C)(CCCN3CCCC3=O)C(N)=O)c2c1. The quantitative estimate of drug-likeness (QED) is 0.519. The average molecular weight is 442 g/mol. The molecule has 1 aromatic carbocycles. The second kappa shape index (κ2) is 8.37. The van der Waals surface area contributed by atoms with Crippen LogP contribution in [0, 0.1) is 6.92 Å². The van der Waals surface area contributed by atoms with E-state index in [9.17, 15) is 9.59 Å². The molecular weight excluding hydrogens is 414 g/mol. The normalized spacial score (nSPS) is 16.2. The van der Waals surface area contributed by atoms with Crippen molar-refractivity contribution < 1.29 is 14.3 Å². The van der Waals surface area contributed by atoms with Crippen LogP contribution in [0.2, 0.25) is 0 Å². The van der Waals surface area contributed by atoms with E-state index in [1.807, 2.05) is 36.9 Å². The molecule has 9 heteroatoms. The van der Waals surface area contributed by atoms with Crippen LogP contribution in [0.15, 0.2) is 23.1 Å². The molecule has 3 N–H and O–H groups in total. The van der Waals surface area contributed by atoms with Gasteiger partial charge in [-0.15, -0.1) is 11.8 Å². The first-order valence-corrected chi connectivity index (χ1v) is 11.2. The van der Waals surface area contributed by atoms with Crippen molar-refractivity contribution in [3.05, 3.63) is 23.9 Å². The second-order valence-electron chi connectivity index (χ2n) is 8.16. The fourth-order valence-corrected chi connectivity index (χ4v) is 5.46. The van der Waals surface area contributed by atoms with E-state index < -0.39 is 4.75 Å². The number of likely N-dealkylation sites (tertiary alicyclic amines) is 1. The molecule has 1 aliphatic rings. The first-order chi connectivity index (χ1) is 14.8. The monoisotopic (exact) mass is 441 g/mol. The molecule has 31 heavy (non-hydrogen) atoms. The zero-order valence-corrected chi connectivity index (χ0v) is 18.8. The second-order valence-corrected chi connectivity index (χ2v) is 9.67. The third kappa shape index (κ3) is 4.06. The maximum atomic E-state index is 12.6. The van der Waals surface area contributed by atoms with E-state index in [0.29, 0.717) is 37.2 Å². The number of hydrogen-bond acceptors (Lipinski definition) is 6. The lowest BCUT2D eigenvalue weighted by Crippen LogP contribution is -2.39. The van der Waals surface area contributed by atoms with Gasteiger partial charge in [-0.1, -0.05) is 0 Å². The maximum Gasteiger partial charge on any atom is 0.233 e. The zero-order valence-electron chi connectivity index (χ0n) is 18.0. The van der Waals surface area contributed by atoms with Crippen LogP contribution in [0.4, 0.5) is 0 Å². The number of methoxy groups -OCH3 is 1. The molecule has 1 aliphatic heterocycles. The van der Waals surface area contributed by atoms with Crippen LogP contribution < -0.4 is 10.5 Å². The Bertz CT molecular complexity index is 1160. The maximum absolute atomic E-state index is 12.6. The molecular formula is C22H27N5O3S. The lowest BCUT2D eigenvalue weighted by atomic mass is 10.0. The van der Waals surface area contributed by atoms with Crippen molar-refractivity contribution in [3.63, 3.8) is 0 Å². The van der Waals surface area contributed by atoms with Gasteiger partial charge in [0.25, 0.3) is 0 Å². The van der Waals surface area contributed by atoms with Crippen LogP contribution in [0.25, 0.3) is 21.9 Å². The number of aryl methyl sites for hydroxylation is 1. The van der Waals surface area contributed by atoms with E-state index in [2.05, 4.69) is 15.2 Å². The first-order valence-electron chi connectivity index (χ1n) is 10.4. The number of carbonyl (C=O) groups is 2. The number of fused-ring (bicyclic) bond motifs is 2. The van der Waals surface area contributed by atoms with Crippen LogP contribution in [0.5, 0.6) is 5.75 Å². The highest BCUT2D eigenvalue weighted by atomic mass is 32.2. The number of nitrogens with zero attached hydrogens (tertiary/aromatic N) is 3. The number of aromatic nitrogens is 3. The van der Waals surface area contributed by atoms with Gasteiger partial charge in [-0.25, -0.2) is 4.98 Å². The molecule has 3 aromatic rings. The highest BCUT2D eigenvalue weighted by molar-refractivity contribution is 8.01. The zero-order chi connectivity index (χ0) is 22.2. The Morgan fingerprint density at radius 3 is 2.90 bits per heavy atom. The third-order valence-electron chi connectivity index (χ3n) is 5.93. The van der Waals surface area contributed by atoms with Crippen molar-refractivity contribution in [1.82, 2.24) is 20.1 Å². The van der Waals surface area contributed by atoms with E-state index in [1.165, 1.54) is 11.8 Å². The summed E-state index contributed by atoms with van der Waals surface area (Å²) in [5, 5.41) is 9.11. The summed E-state index contributed by atoms with van der Waals surface area (Å²) in [6.45, 7) is 5.25. The summed E-state index contributed by atoms with van der Waals surface area (Å²) >= 11 is 1.45. The molecule has 0 radical (unpaired) electrons. The van der Waals surface area contributed by atoms with Gasteiger partial charge in [0, 0.05) is 35.5 Å². The number of rotatable bonds is 8. The molecule has 0 aliphatic carbocycles. The van der Waals surface area contributed by atoms with Crippen molar-refractivity contribution in [2.45, 2.75) is 49.2 Å². The molecule has 1 atom stereocenters. The first kappa shape index (κ1) is 21.4. The van der Waals surface area contributed by atoms with Gasteiger partial charge >= 0.3 is 0 Å². The van der Waals surface area contributed by atoms with Gasteiger partial charge in [0.2, 0.25) is 11.8 Å². The topological polar surface area (TPSA) is 114 Å². The van der Waals surface area contributed by atoms with Gasteiger partial charge in [-0.3, -0.25) is 14.7 Å². The molecule has 8 nitrogen and oxygen atoms in total. The molecule has 1 saturated heterocycles. The minimum atomic E-state index is -0.850. The number of benzene rings is 1. The molecule has 164 valence electrons. The van der Waals surface area contributed by atoms with Gasteiger partial charge in [0.1, 0.15) is 5.75 Å². The van der Waals surface area contributed by atoms with E-state index in [4.69, 9.17) is 10.5 Å². The number of nitrogens with one attached hydrogen (secondary N) is 1. The predicted octanol–water partition coefficient (Wildman–Crippen LogP) is 3.17. The predicted molar refractivity (Wildman–Crippen MR) is 121 cm³/mol. The molecule has 0 bridgehead atoms. The Hall–Kier alpha value is -2.81. The number of amides is 2. The fraction of sp³-hybridized carbons (Fsp3) is 0.455. The van der Waals surface area contributed by atoms with Crippen LogP contribution in [0.3, 0.4) is 0 Å². The summed E-state index contributed by atoms with van der Waals surface area (Å²) in [6.07, 6.45) is 2.79. The Morgan fingerprint density at radius 1 is 1.42 bits per heavy atom. The number of nitrogens with two attached hydrogens (primary N) is 1. The number of hydrogen-bond donors (Lipinski definition) is 2. The number of ether oxygens (including phenoxy) is 1. The fourth-order valence-electron chi connectivity index (χ4n) is 4.04. The summed E-state index contributed by atoms with van der Waals surface area (Å²) in [5.41, 5.74) is 8.15. The van der Waals surface area contributed by atoms with Gasteiger partial charge in [-0.05, 0) is 51.3 Å². The summed E-state index contributed by atoms with van der Waals surface area (Å²) < 4.78 is 4.57. The summed E-state index contributed by atoms with van der Waals surface area (Å²) in [5.74, 6) is 0.522. The highest BCUT2D eigenvalue weighted by Gasteiger charge is 2.34. The van der Waals surface area contributed by atoms with E-state index >= 15 is 0 Å². The minimum absolute atomic E-state index is 0.191. The van der Waals surface area contributed by atoms with Crippen LogP contribution in [-0.2, 0) is 9.59 Å². The van der Waals surface area contributed by atoms with Gasteiger partial charge in [0.15, 0.2) is 5.65 Å². The van der Waals surface area contributed by atoms with Crippen LogP contribution >= 0.6 is 11.8 Å². The van der Waals surface area contributed by atoms with Crippen molar-refractivity contribution >= 4 is 45.5 Å². The van der Waals surface area contributed by atoms with Crippen molar-refractivity contribution in [1.29, 1.82) is 0 Å². The van der Waals surface area contributed by atoms with Crippen molar-refractivity contribution in [2.24, 2.45) is 5.73 Å². The van der Waals surface area contributed by atoms with Crippen LogP contribution in [-0.4, -0.2) is 56.8 Å². The standard InChI is InChI=1S/C22H27N5O3S/c1-13-18-19(15-12-14(30-3)7-8-16(15)24-20(18)26-25-13)31-22(2,21(23)29)9-5-11-27-10-4-6-17(27)28/h7-8,12H,4-6,9-11H2,1-3H3,(H2,23,29)(H,24,25,26). The number of pyridine rings is 1. The van der Waals surface area contributed by atoms with Crippen molar-refractivity contribution in [3.8, 4) is 5.75 Å². The Kier molecular flexibility index (Phi) is 5.79. The van der Waals surface area contributed by atoms with Crippen molar-refractivity contribution in [2.75, 3.05) is 20.2 Å². The molecule has 0 spiro atoms. The van der Waals surface area contributed by atoms with Crippen LogP contribution in [0.1, 0.15) is 38.3 Å². The van der Waals surface area contributed by atoms with E-state index in [-0.39, 0.29) is 11.8 Å². The Labute approximate surface area is 184 Å². The number of carbonyl (C=O) groups excluding carboxylic acids is 2. The number of H-pyrrole nitrogens is 1. The third-order valence-corrected chi connectivity index (χ3v) is 7.42. The summed E-state index contributed by atoms with van der Waals surface area (Å²) in [7, 11) is 1.62. The number of thioether (sulfide) groups is 1. The van der Waals surface area contributed by atoms with Gasteiger partial charge < -0.3 is 15.4 Å². The summed E-state index contributed by atoms with van der Waals surface area (Å²) in [4.78, 5) is 31.9. The Balaban J connectivity index is 1.71. The number of primary amides is 1. The summed E-state index contributed by atoms with van der Waals surface area (Å²) in [6, 6.07) is 5.68. The average Bonchev–Trinajstić information content (AvgIpc) is 3.32. The molecule has 1 unspecified atom stereocenters. The highest BCUT2D eigenvalue weighted by Crippen LogP contribution is 2.44. The van der Waals surface area contributed by atoms with E-state index in [1.54, 1.807) is 7.11 Å². The molecule has 3 heterocycles. The Morgan fingerprint density at radius 2 is 2.23 bits per heavy atom. The van der Waals surface area contributed by atoms with E-state index in [0.717, 1.165) is 39.8 Å². The molecule has 2 aromatic heterocycles. The molecule has 0 saturated carbocycles. The lowest BCUT2D eigenvalue weighted by Gasteiger charge is -2.27. The minimum Gasteiger partial charge on any atom is -0.497 e. The number of aromatic amines is 1. The molecule has 2 amide bonds. The van der Waals surface area contributed by atoms with Gasteiger partial charge in [-0.2, -0.15) is 5.10 Å². The largest absolute Gasteiger partial charge is 0.497 e. The lowest BCUT2D eigenvalue weighted by molar-refractivity contribution is -0.127. The smallest absolute Gasteiger partial charge is 0.233 e. The molecule has 4 rings (SSSR count).